The lowest BCUT2D eigenvalue weighted by Crippen LogP contribution is -1.99. The molecule has 0 aliphatic carbocycles. The van der Waals surface area contributed by atoms with E-state index in [1.54, 1.807) is 0 Å². The van der Waals surface area contributed by atoms with E-state index >= 15 is 0 Å². The van der Waals surface area contributed by atoms with Crippen molar-refractivity contribution in [1.29, 1.82) is 0 Å². The molecule has 253 valence electrons. The molecule has 0 rings (SSSR count). The first-order chi connectivity index (χ1) is 20.8. The Hall–Kier alpha value is 0. The van der Waals surface area contributed by atoms with Crippen LogP contribution in [-0.2, 0) is 0 Å². The third-order valence-electron chi connectivity index (χ3n) is 10.1. The van der Waals surface area contributed by atoms with Gasteiger partial charge in [-0.1, -0.05) is 265 Å². The van der Waals surface area contributed by atoms with Crippen LogP contribution in [0, 0.1) is 12.8 Å². The highest BCUT2D eigenvalue weighted by Gasteiger charge is 2.06. The minimum atomic E-state index is 0.906. The van der Waals surface area contributed by atoms with Crippen LogP contribution in [0.25, 0.3) is 0 Å². The SMILES string of the molecule is [CH2]CC(CCCCCCCCCCCCCC)CCCCCCCCCCCCCCCCCCCCCCCCC. The highest BCUT2D eigenvalue weighted by Crippen LogP contribution is 2.22. The first-order valence-corrected chi connectivity index (χ1v) is 20.6. The summed E-state index contributed by atoms with van der Waals surface area (Å²) in [5.74, 6) is 0.906. The van der Waals surface area contributed by atoms with E-state index in [0.717, 1.165) is 12.3 Å². The van der Waals surface area contributed by atoms with Crippen molar-refractivity contribution in [2.75, 3.05) is 0 Å². The normalized spacial score (nSPS) is 12.4. The Balaban J connectivity index is 3.22. The van der Waals surface area contributed by atoms with Crippen LogP contribution in [0.4, 0.5) is 0 Å². The number of unbranched alkanes of at least 4 members (excludes halogenated alkanes) is 33. The van der Waals surface area contributed by atoms with E-state index in [9.17, 15) is 0 Å². The van der Waals surface area contributed by atoms with E-state index in [1.807, 2.05) is 0 Å². The van der Waals surface area contributed by atoms with Gasteiger partial charge in [0.1, 0.15) is 0 Å². The summed E-state index contributed by atoms with van der Waals surface area (Å²) in [7, 11) is 0. The summed E-state index contributed by atoms with van der Waals surface area (Å²) in [4.78, 5) is 0. The van der Waals surface area contributed by atoms with E-state index in [4.69, 9.17) is 0 Å². The fourth-order valence-electron chi connectivity index (χ4n) is 6.93. The zero-order valence-electron chi connectivity index (χ0n) is 30.2. The van der Waals surface area contributed by atoms with Crippen molar-refractivity contribution in [2.24, 2.45) is 5.92 Å². The number of rotatable bonds is 38. The van der Waals surface area contributed by atoms with Crippen LogP contribution < -0.4 is 0 Å². The van der Waals surface area contributed by atoms with Crippen molar-refractivity contribution < 1.29 is 0 Å². The molecule has 1 radical (unpaired) electrons. The standard InChI is InChI=1S/C42H85/c1-4-7-9-11-13-15-17-19-20-21-22-23-24-25-26-27-28-29-31-33-35-37-39-41-42(6-3)40-38-36-34-32-30-18-16-14-12-10-8-5-2/h42H,3-41H2,1-2H3. The highest BCUT2D eigenvalue weighted by molar-refractivity contribution is 4.62. The molecule has 0 aromatic carbocycles. The molecule has 0 fully saturated rings. The number of hydrogen-bond acceptors (Lipinski definition) is 0. The lowest BCUT2D eigenvalue weighted by Gasteiger charge is -2.14. The second-order valence-corrected chi connectivity index (χ2v) is 14.4. The predicted molar refractivity (Wildman–Crippen MR) is 196 cm³/mol. The molecule has 0 heterocycles. The van der Waals surface area contributed by atoms with Crippen molar-refractivity contribution in [3.63, 3.8) is 0 Å². The summed E-state index contributed by atoms with van der Waals surface area (Å²) in [6.45, 7) is 8.89. The first-order valence-electron chi connectivity index (χ1n) is 20.6. The summed E-state index contributed by atoms with van der Waals surface area (Å²) in [6.07, 6.45) is 55.5. The van der Waals surface area contributed by atoms with Crippen LogP contribution in [-0.4, -0.2) is 0 Å². The molecule has 0 aromatic heterocycles. The lowest BCUT2D eigenvalue weighted by molar-refractivity contribution is 0.404. The van der Waals surface area contributed by atoms with Gasteiger partial charge in [-0.05, 0) is 5.92 Å². The molecule has 1 unspecified atom stereocenters. The van der Waals surface area contributed by atoms with Gasteiger partial charge >= 0.3 is 0 Å². The Labute approximate surface area is 270 Å². The van der Waals surface area contributed by atoms with Crippen molar-refractivity contribution >= 4 is 0 Å². The topological polar surface area (TPSA) is 0 Å². The molecular weight excluding hydrogens is 504 g/mol. The van der Waals surface area contributed by atoms with Gasteiger partial charge in [0.25, 0.3) is 0 Å². The molecule has 0 spiro atoms. The third kappa shape index (κ3) is 36.2. The minimum absolute atomic E-state index is 0.906. The van der Waals surface area contributed by atoms with Crippen LogP contribution in [0.15, 0.2) is 0 Å². The highest BCUT2D eigenvalue weighted by atomic mass is 14.1. The van der Waals surface area contributed by atoms with Gasteiger partial charge in [0.15, 0.2) is 0 Å². The Morgan fingerprint density at radius 2 is 0.429 bits per heavy atom. The maximum absolute atomic E-state index is 4.27. The molecule has 42 heavy (non-hydrogen) atoms. The molecule has 0 aliphatic heterocycles. The monoisotopic (exact) mass is 590 g/mol. The molecule has 0 heteroatoms. The molecule has 0 aliphatic rings. The summed E-state index contributed by atoms with van der Waals surface area (Å²) in [5.41, 5.74) is 0. The van der Waals surface area contributed by atoms with Crippen LogP contribution in [0.2, 0.25) is 0 Å². The Morgan fingerprint density at radius 1 is 0.262 bits per heavy atom. The fourth-order valence-corrected chi connectivity index (χ4v) is 6.93. The van der Waals surface area contributed by atoms with Gasteiger partial charge in [-0.15, -0.1) is 0 Å². The van der Waals surface area contributed by atoms with Crippen molar-refractivity contribution in [2.45, 2.75) is 258 Å². The average Bonchev–Trinajstić information content (AvgIpc) is 3.00. The van der Waals surface area contributed by atoms with E-state index in [0.29, 0.717) is 0 Å². The fraction of sp³-hybridized carbons (Fsp3) is 0.976. The third-order valence-corrected chi connectivity index (χ3v) is 10.1. The maximum Gasteiger partial charge on any atom is -0.0414 e. The molecule has 0 saturated heterocycles. The molecule has 0 N–H and O–H groups in total. The van der Waals surface area contributed by atoms with Gasteiger partial charge in [0.05, 0.1) is 0 Å². The van der Waals surface area contributed by atoms with E-state index in [2.05, 4.69) is 20.8 Å². The summed E-state index contributed by atoms with van der Waals surface area (Å²) >= 11 is 0. The quantitative estimate of drug-likeness (QED) is 0.0628. The molecule has 0 bridgehead atoms. The van der Waals surface area contributed by atoms with Gasteiger partial charge in [0, 0.05) is 0 Å². The van der Waals surface area contributed by atoms with Gasteiger partial charge in [-0.25, -0.2) is 0 Å². The zero-order chi connectivity index (χ0) is 30.4. The molecule has 0 aromatic rings. The Morgan fingerprint density at radius 3 is 0.595 bits per heavy atom. The molecule has 0 nitrogen and oxygen atoms in total. The van der Waals surface area contributed by atoms with Gasteiger partial charge in [-0.2, -0.15) is 0 Å². The summed E-state index contributed by atoms with van der Waals surface area (Å²) in [6, 6.07) is 0. The van der Waals surface area contributed by atoms with E-state index < -0.39 is 0 Å². The number of hydrogen-bond donors (Lipinski definition) is 0. The molecular formula is C42H85. The Bertz CT molecular complexity index is 439. The van der Waals surface area contributed by atoms with Gasteiger partial charge < -0.3 is 0 Å². The minimum Gasteiger partial charge on any atom is -0.0654 e. The smallest absolute Gasteiger partial charge is 0.0414 e. The molecule has 0 saturated carbocycles. The van der Waals surface area contributed by atoms with Gasteiger partial charge in [-0.3, -0.25) is 0 Å². The van der Waals surface area contributed by atoms with Gasteiger partial charge in [0.2, 0.25) is 0 Å². The zero-order valence-corrected chi connectivity index (χ0v) is 30.2. The predicted octanol–water partition coefficient (Wildman–Crippen LogP) is 16.3. The second kappa shape index (κ2) is 39.0. The van der Waals surface area contributed by atoms with Crippen molar-refractivity contribution in [1.82, 2.24) is 0 Å². The lowest BCUT2D eigenvalue weighted by atomic mass is 9.92. The summed E-state index contributed by atoms with van der Waals surface area (Å²) in [5, 5.41) is 0. The van der Waals surface area contributed by atoms with Crippen LogP contribution >= 0.6 is 0 Å². The van der Waals surface area contributed by atoms with Crippen LogP contribution in [0.1, 0.15) is 258 Å². The molecule has 1 atom stereocenters. The van der Waals surface area contributed by atoms with Crippen molar-refractivity contribution in [3.05, 3.63) is 6.92 Å². The average molecular weight is 590 g/mol. The van der Waals surface area contributed by atoms with Crippen molar-refractivity contribution in [3.8, 4) is 0 Å². The van der Waals surface area contributed by atoms with E-state index in [1.165, 1.54) is 238 Å². The largest absolute Gasteiger partial charge is 0.0654 e. The van der Waals surface area contributed by atoms with Crippen LogP contribution in [0.3, 0.4) is 0 Å². The van der Waals surface area contributed by atoms with Crippen LogP contribution in [0.5, 0.6) is 0 Å². The maximum atomic E-state index is 4.27. The van der Waals surface area contributed by atoms with E-state index in [-0.39, 0.29) is 0 Å². The summed E-state index contributed by atoms with van der Waals surface area (Å²) < 4.78 is 0. The Kier molecular flexibility index (Phi) is 39.0. The second-order valence-electron chi connectivity index (χ2n) is 14.4. The first kappa shape index (κ1) is 42.0. The molecule has 0 amide bonds.